The Hall–Kier alpha value is -1.30. The third-order valence-corrected chi connectivity index (χ3v) is 4.95. The molecule has 1 rings (SSSR count). The molecule has 0 aromatic heterocycles. The first-order chi connectivity index (χ1) is 12.3. The summed E-state index contributed by atoms with van der Waals surface area (Å²) in [5.74, 6) is 0.905. The van der Waals surface area contributed by atoms with Crippen molar-refractivity contribution < 1.29 is 9.53 Å². The van der Waals surface area contributed by atoms with Crippen molar-refractivity contribution in [2.45, 2.75) is 66.7 Å². The highest BCUT2D eigenvalue weighted by atomic mass is 16.5. The second-order valence-electron chi connectivity index (χ2n) is 8.28. The molecule has 1 aliphatic carbocycles. The maximum atomic E-state index is 11.9. The van der Waals surface area contributed by atoms with Gasteiger partial charge in [-0.2, -0.15) is 0 Å². The van der Waals surface area contributed by atoms with Gasteiger partial charge in [0, 0.05) is 44.8 Å². The molecule has 0 radical (unpaired) electrons. The monoisotopic (exact) mass is 368 g/mol. The molecule has 0 aromatic rings. The average molecular weight is 369 g/mol. The van der Waals surface area contributed by atoms with E-state index in [-0.39, 0.29) is 16.7 Å². The van der Waals surface area contributed by atoms with Crippen LogP contribution in [0.3, 0.4) is 0 Å². The lowest BCUT2D eigenvalue weighted by Gasteiger charge is -2.27. The molecule has 1 aliphatic rings. The van der Waals surface area contributed by atoms with Crippen LogP contribution in [0.15, 0.2) is 4.99 Å². The molecule has 1 amide bonds. The van der Waals surface area contributed by atoms with Crippen LogP contribution < -0.4 is 16.0 Å². The molecule has 1 fully saturated rings. The van der Waals surface area contributed by atoms with E-state index >= 15 is 0 Å². The van der Waals surface area contributed by atoms with Crippen LogP contribution in [0.1, 0.15) is 66.7 Å². The van der Waals surface area contributed by atoms with Gasteiger partial charge >= 0.3 is 0 Å². The minimum Gasteiger partial charge on any atom is -0.382 e. The second kappa shape index (κ2) is 11.4. The van der Waals surface area contributed by atoms with Gasteiger partial charge < -0.3 is 20.7 Å². The highest BCUT2D eigenvalue weighted by Gasteiger charge is 2.33. The quantitative estimate of drug-likeness (QED) is 0.315. The number of hydrogen-bond donors (Lipinski definition) is 3. The summed E-state index contributed by atoms with van der Waals surface area (Å²) in [7, 11) is 0. The maximum absolute atomic E-state index is 11.9. The van der Waals surface area contributed by atoms with Crippen LogP contribution in [-0.4, -0.2) is 51.3 Å². The number of amides is 1. The molecule has 0 aromatic carbocycles. The van der Waals surface area contributed by atoms with Crippen molar-refractivity contribution in [3.05, 3.63) is 0 Å². The summed E-state index contributed by atoms with van der Waals surface area (Å²) in [6.45, 7) is 14.4. The summed E-state index contributed by atoms with van der Waals surface area (Å²) in [6, 6.07) is 0. The van der Waals surface area contributed by atoms with Crippen molar-refractivity contribution in [3.8, 4) is 0 Å². The van der Waals surface area contributed by atoms with Crippen LogP contribution in [0, 0.1) is 10.8 Å². The predicted octanol–water partition coefficient (Wildman–Crippen LogP) is 2.69. The van der Waals surface area contributed by atoms with E-state index in [2.05, 4.69) is 22.9 Å². The first-order valence-electron chi connectivity index (χ1n) is 10.2. The Morgan fingerprint density at radius 3 is 2.31 bits per heavy atom. The van der Waals surface area contributed by atoms with E-state index < -0.39 is 0 Å². The molecule has 0 unspecified atom stereocenters. The van der Waals surface area contributed by atoms with Gasteiger partial charge in [-0.05, 0) is 38.5 Å². The van der Waals surface area contributed by atoms with Crippen molar-refractivity contribution in [2.24, 2.45) is 15.8 Å². The van der Waals surface area contributed by atoms with Crippen molar-refractivity contribution in [2.75, 3.05) is 39.4 Å². The molecule has 0 atom stereocenters. The van der Waals surface area contributed by atoms with Gasteiger partial charge in [-0.3, -0.25) is 9.79 Å². The molecule has 0 heterocycles. The zero-order valence-electron chi connectivity index (χ0n) is 17.5. The van der Waals surface area contributed by atoms with Crippen molar-refractivity contribution in [1.82, 2.24) is 16.0 Å². The largest absolute Gasteiger partial charge is 0.382 e. The van der Waals surface area contributed by atoms with Gasteiger partial charge in [-0.15, -0.1) is 0 Å². The Morgan fingerprint density at radius 2 is 1.73 bits per heavy atom. The van der Waals surface area contributed by atoms with Crippen LogP contribution >= 0.6 is 0 Å². The first kappa shape index (κ1) is 22.7. The summed E-state index contributed by atoms with van der Waals surface area (Å²) in [5, 5.41) is 9.59. The lowest BCUT2D eigenvalue weighted by Crippen LogP contribution is -2.44. The van der Waals surface area contributed by atoms with Crippen LogP contribution in [0.25, 0.3) is 0 Å². The number of rotatable bonds is 10. The Labute approximate surface area is 159 Å². The fourth-order valence-electron chi connectivity index (χ4n) is 3.26. The normalized spacial score (nSPS) is 17.2. The number of nitrogens with zero attached hydrogens (tertiary/aromatic N) is 1. The summed E-state index contributed by atoms with van der Waals surface area (Å²) in [5.41, 5.74) is -0.0635. The van der Waals surface area contributed by atoms with Gasteiger partial charge in [0.25, 0.3) is 0 Å². The number of carbonyl (C=O) groups is 1. The standard InChI is InChI=1S/C20H40N4O2/c1-6-21-18(23-14-13-22-17(25)19(3,4)5)24-16-20(10-8-9-11-20)12-15-26-7-2/h6-16H2,1-5H3,(H,22,25)(H2,21,23,24). The molecule has 1 saturated carbocycles. The molecule has 26 heavy (non-hydrogen) atoms. The Bertz CT molecular complexity index is 438. The molecular formula is C20H40N4O2. The second-order valence-corrected chi connectivity index (χ2v) is 8.28. The molecular weight excluding hydrogens is 328 g/mol. The number of hydrogen-bond acceptors (Lipinski definition) is 3. The molecule has 6 nitrogen and oxygen atoms in total. The summed E-state index contributed by atoms with van der Waals surface area (Å²) >= 11 is 0. The van der Waals surface area contributed by atoms with Gasteiger partial charge in [-0.1, -0.05) is 33.6 Å². The van der Waals surface area contributed by atoms with Crippen molar-refractivity contribution in [3.63, 3.8) is 0 Å². The minimum atomic E-state index is -0.353. The van der Waals surface area contributed by atoms with E-state index in [4.69, 9.17) is 9.73 Å². The molecule has 6 heteroatoms. The Morgan fingerprint density at radius 1 is 1.08 bits per heavy atom. The highest BCUT2D eigenvalue weighted by Crippen LogP contribution is 2.41. The van der Waals surface area contributed by atoms with E-state index in [9.17, 15) is 4.79 Å². The number of carbonyl (C=O) groups excluding carboxylic acids is 1. The lowest BCUT2D eigenvalue weighted by atomic mass is 9.83. The molecule has 0 saturated heterocycles. The fourth-order valence-corrected chi connectivity index (χ4v) is 3.26. The predicted molar refractivity (Wildman–Crippen MR) is 108 cm³/mol. The SMILES string of the molecule is CCNC(=NCC1(CCOCC)CCCC1)NCCNC(=O)C(C)(C)C. The van der Waals surface area contributed by atoms with Gasteiger partial charge in [-0.25, -0.2) is 0 Å². The fraction of sp³-hybridized carbons (Fsp3) is 0.900. The van der Waals surface area contributed by atoms with E-state index in [0.717, 1.165) is 38.7 Å². The van der Waals surface area contributed by atoms with Crippen LogP contribution in [-0.2, 0) is 9.53 Å². The molecule has 3 N–H and O–H groups in total. The van der Waals surface area contributed by atoms with Gasteiger partial charge in [0.2, 0.25) is 5.91 Å². The highest BCUT2D eigenvalue weighted by molar-refractivity contribution is 5.81. The summed E-state index contributed by atoms with van der Waals surface area (Å²) < 4.78 is 5.58. The first-order valence-corrected chi connectivity index (χ1v) is 10.2. The molecule has 0 spiro atoms. The number of guanidine groups is 1. The van der Waals surface area contributed by atoms with Crippen molar-refractivity contribution in [1.29, 1.82) is 0 Å². The van der Waals surface area contributed by atoms with Crippen molar-refractivity contribution >= 4 is 11.9 Å². The number of ether oxygens (including phenoxy) is 1. The molecule has 0 bridgehead atoms. The van der Waals surface area contributed by atoms with Crippen LogP contribution in [0.2, 0.25) is 0 Å². The minimum absolute atomic E-state index is 0.0714. The third kappa shape index (κ3) is 8.39. The number of nitrogens with one attached hydrogen (secondary N) is 3. The Kier molecular flexibility index (Phi) is 9.99. The zero-order chi connectivity index (χ0) is 19.5. The average Bonchev–Trinajstić information content (AvgIpc) is 3.04. The summed E-state index contributed by atoms with van der Waals surface area (Å²) in [6.07, 6.45) is 6.16. The van der Waals surface area contributed by atoms with Crippen LogP contribution in [0.5, 0.6) is 0 Å². The van der Waals surface area contributed by atoms with Gasteiger partial charge in [0.05, 0.1) is 0 Å². The van der Waals surface area contributed by atoms with E-state index in [0.29, 0.717) is 13.1 Å². The lowest BCUT2D eigenvalue weighted by molar-refractivity contribution is -0.128. The molecule has 152 valence electrons. The van der Waals surface area contributed by atoms with Crippen LogP contribution in [0.4, 0.5) is 0 Å². The van der Waals surface area contributed by atoms with Gasteiger partial charge in [0.15, 0.2) is 5.96 Å². The maximum Gasteiger partial charge on any atom is 0.225 e. The Balaban J connectivity index is 2.49. The van der Waals surface area contributed by atoms with E-state index in [1.807, 2.05) is 27.7 Å². The van der Waals surface area contributed by atoms with Gasteiger partial charge in [0.1, 0.15) is 0 Å². The van der Waals surface area contributed by atoms with E-state index in [1.165, 1.54) is 25.7 Å². The smallest absolute Gasteiger partial charge is 0.225 e. The third-order valence-electron chi connectivity index (χ3n) is 4.95. The number of aliphatic imine (C=N–C) groups is 1. The topological polar surface area (TPSA) is 74.8 Å². The summed E-state index contributed by atoms with van der Waals surface area (Å²) in [4.78, 5) is 16.7. The zero-order valence-corrected chi connectivity index (χ0v) is 17.5. The molecule has 0 aliphatic heterocycles. The van der Waals surface area contributed by atoms with E-state index in [1.54, 1.807) is 0 Å².